The highest BCUT2D eigenvalue weighted by Crippen LogP contribution is 2.43. The molecule has 0 amide bonds. The van der Waals surface area contributed by atoms with Crippen LogP contribution in [0.25, 0.3) is 75.8 Å². The summed E-state index contributed by atoms with van der Waals surface area (Å²) in [5, 5.41) is 16.0. The van der Waals surface area contributed by atoms with E-state index in [1.165, 1.54) is 75.9 Å². The monoisotopic (exact) mass is 838 g/mol. The number of fused-ring (bicyclic) bond motifs is 10. The molecule has 0 spiro atoms. The average molecular weight is 839 g/mol. The topological polar surface area (TPSA) is 19.6 Å². The lowest BCUT2D eigenvalue weighted by Gasteiger charge is -2.29. The van der Waals surface area contributed by atoms with E-state index in [2.05, 4.69) is 237 Å². The molecular formula is C60H46N2OSi. The van der Waals surface area contributed by atoms with Gasteiger partial charge in [-0.2, -0.15) is 0 Å². The van der Waals surface area contributed by atoms with Gasteiger partial charge in [-0.1, -0.05) is 128 Å². The Kier molecular flexibility index (Phi) is 8.92. The Hall–Kier alpha value is -7.66. The maximum atomic E-state index is 7.12. The van der Waals surface area contributed by atoms with Crippen LogP contribution in [0.5, 0.6) is 0 Å². The summed E-state index contributed by atoms with van der Waals surface area (Å²) in [6.07, 6.45) is 0. The molecule has 12 aromatic rings. The van der Waals surface area contributed by atoms with Gasteiger partial charge in [0, 0.05) is 50.1 Å². The van der Waals surface area contributed by atoms with Crippen molar-refractivity contribution in [2.75, 3.05) is 9.80 Å². The number of nitrogens with zero attached hydrogens (tertiary/aromatic N) is 2. The van der Waals surface area contributed by atoms with Gasteiger partial charge in [-0.15, -0.1) is 0 Å². The molecule has 0 aliphatic rings. The molecule has 12 rings (SSSR count). The van der Waals surface area contributed by atoms with Crippen molar-refractivity contribution in [2.45, 2.75) is 26.9 Å². The number of furan rings is 1. The summed E-state index contributed by atoms with van der Waals surface area (Å²) in [5.41, 5.74) is 11.2. The molecule has 11 aromatic carbocycles. The van der Waals surface area contributed by atoms with Gasteiger partial charge < -0.3 is 14.2 Å². The quantitative estimate of drug-likeness (QED) is 0.118. The fourth-order valence-electron chi connectivity index (χ4n) is 10.2. The molecule has 0 bridgehead atoms. The molecule has 1 heterocycles. The minimum absolute atomic E-state index is 0.909. The van der Waals surface area contributed by atoms with Crippen molar-refractivity contribution in [3.63, 3.8) is 0 Å². The summed E-state index contributed by atoms with van der Waals surface area (Å²) in [6, 6.07) is 73.8. The maximum absolute atomic E-state index is 7.12. The Morgan fingerprint density at radius 1 is 0.344 bits per heavy atom. The Morgan fingerprint density at radius 3 is 1.44 bits per heavy atom. The fraction of sp³-hybridized carbons (Fsp3) is 0.0667. The third kappa shape index (κ3) is 6.32. The van der Waals surface area contributed by atoms with E-state index in [0.29, 0.717) is 0 Å². The van der Waals surface area contributed by atoms with Gasteiger partial charge in [0.1, 0.15) is 11.2 Å². The van der Waals surface area contributed by atoms with E-state index in [4.69, 9.17) is 4.42 Å². The van der Waals surface area contributed by atoms with Crippen LogP contribution in [0.3, 0.4) is 0 Å². The molecule has 0 unspecified atom stereocenters. The Morgan fingerprint density at radius 2 is 0.828 bits per heavy atom. The molecule has 306 valence electrons. The van der Waals surface area contributed by atoms with Gasteiger partial charge in [0.2, 0.25) is 0 Å². The Labute approximate surface area is 374 Å². The van der Waals surface area contributed by atoms with Crippen LogP contribution in [-0.2, 0) is 0 Å². The number of hydrogen-bond donors (Lipinski definition) is 0. The molecule has 0 aliphatic heterocycles. The summed E-state index contributed by atoms with van der Waals surface area (Å²) >= 11 is 0. The second-order valence-electron chi connectivity index (χ2n) is 17.7. The largest absolute Gasteiger partial charge is 0.456 e. The number of hydrogen-bond acceptors (Lipinski definition) is 3. The van der Waals surface area contributed by atoms with Crippen molar-refractivity contribution in [3.05, 3.63) is 211 Å². The summed E-state index contributed by atoms with van der Waals surface area (Å²) < 4.78 is 7.12. The molecule has 0 saturated carbocycles. The first-order valence-corrected chi connectivity index (χ1v) is 25.2. The number of anilines is 6. The van der Waals surface area contributed by atoms with E-state index >= 15 is 0 Å². The van der Waals surface area contributed by atoms with Crippen LogP contribution in [0, 0.1) is 13.8 Å². The van der Waals surface area contributed by atoms with Gasteiger partial charge in [0.05, 0.1) is 8.80 Å². The lowest BCUT2D eigenvalue weighted by atomic mass is 10.0. The molecule has 0 radical (unpaired) electrons. The molecule has 0 aliphatic carbocycles. The lowest BCUT2D eigenvalue weighted by molar-refractivity contribution is 0.672. The summed E-state index contributed by atoms with van der Waals surface area (Å²) in [4.78, 5) is 4.84. The zero-order valence-electron chi connectivity index (χ0n) is 36.4. The van der Waals surface area contributed by atoms with Crippen LogP contribution in [0.4, 0.5) is 34.1 Å². The number of benzene rings is 11. The van der Waals surface area contributed by atoms with Crippen molar-refractivity contribution in [1.82, 2.24) is 0 Å². The molecule has 0 atom stereocenters. The van der Waals surface area contributed by atoms with Gasteiger partial charge in [0.15, 0.2) is 0 Å². The van der Waals surface area contributed by atoms with E-state index in [0.717, 1.165) is 50.4 Å². The maximum Gasteiger partial charge on any atom is 0.136 e. The smallest absolute Gasteiger partial charge is 0.136 e. The van der Waals surface area contributed by atoms with Crippen molar-refractivity contribution in [3.8, 4) is 0 Å². The molecule has 0 saturated heterocycles. The molecule has 1 aromatic heterocycles. The van der Waals surface area contributed by atoms with Crippen LogP contribution in [0.1, 0.15) is 11.1 Å². The third-order valence-electron chi connectivity index (χ3n) is 13.2. The average Bonchev–Trinajstić information content (AvgIpc) is 3.67. The number of rotatable bonds is 7. The summed E-state index contributed by atoms with van der Waals surface area (Å²) in [6.45, 7) is 9.18. The Balaban J connectivity index is 1.01. The van der Waals surface area contributed by atoms with Crippen LogP contribution in [0.15, 0.2) is 205 Å². The van der Waals surface area contributed by atoms with Gasteiger partial charge in [-0.25, -0.2) is 0 Å². The minimum Gasteiger partial charge on any atom is -0.456 e. The van der Waals surface area contributed by atoms with E-state index in [9.17, 15) is 0 Å². The van der Waals surface area contributed by atoms with Crippen LogP contribution < -0.4 is 15.0 Å². The van der Waals surface area contributed by atoms with Crippen LogP contribution in [0.2, 0.25) is 13.1 Å². The van der Waals surface area contributed by atoms with E-state index in [1.807, 2.05) is 0 Å². The molecule has 4 heteroatoms. The first-order chi connectivity index (χ1) is 31.3. The van der Waals surface area contributed by atoms with Crippen molar-refractivity contribution in [1.29, 1.82) is 0 Å². The molecular weight excluding hydrogens is 793 g/mol. The van der Waals surface area contributed by atoms with Crippen molar-refractivity contribution in [2.24, 2.45) is 0 Å². The van der Waals surface area contributed by atoms with Gasteiger partial charge >= 0.3 is 0 Å². The molecule has 0 N–H and O–H groups in total. The van der Waals surface area contributed by atoms with Crippen LogP contribution in [-0.4, -0.2) is 8.80 Å². The van der Waals surface area contributed by atoms with E-state index in [1.54, 1.807) is 0 Å². The van der Waals surface area contributed by atoms with Crippen LogP contribution >= 0.6 is 0 Å². The summed E-state index contributed by atoms with van der Waals surface area (Å²) in [5.74, 6) is 0. The lowest BCUT2D eigenvalue weighted by Crippen LogP contribution is -2.29. The minimum atomic E-state index is -1.50. The number of aryl methyl sites for hydroxylation is 2. The standard InChI is InChI=1S/C60H46N2OSi/c1-38-11-9-15-46(31-38)61(49-25-27-53-43(33-49)21-19-40-13-5-7-17-51(40)53)48-24-23-42-36-56-55-29-30-57(60(64(3)4)59(55)63-58(56)37-45(42)35-48)62(47-16-10-12-39(2)32-47)50-26-28-54-44(34-50)22-20-41-14-6-8-18-52(41)54/h5-37,64H,1-4H3. The highest BCUT2D eigenvalue weighted by atomic mass is 28.3. The highest BCUT2D eigenvalue weighted by molar-refractivity contribution is 6.74. The molecule has 3 nitrogen and oxygen atoms in total. The van der Waals surface area contributed by atoms with Gasteiger partial charge in [-0.3, -0.25) is 0 Å². The van der Waals surface area contributed by atoms with Crippen molar-refractivity contribution >= 4 is 124 Å². The third-order valence-corrected chi connectivity index (χ3v) is 14.9. The first kappa shape index (κ1) is 38.0. The SMILES string of the molecule is Cc1cccc(N(c2ccc3cc4c(cc3c2)oc2c([SiH](C)C)c(N(c3cccc(C)c3)c3ccc5c(ccc6ccccc65)c3)ccc24)c2ccc3c(ccc4ccccc43)c2)c1. The molecule has 64 heavy (non-hydrogen) atoms. The zero-order valence-corrected chi connectivity index (χ0v) is 37.6. The first-order valence-electron chi connectivity index (χ1n) is 22.3. The predicted octanol–water partition coefficient (Wildman–Crippen LogP) is 16.6. The normalized spacial score (nSPS) is 11.9. The highest BCUT2D eigenvalue weighted by Gasteiger charge is 2.25. The van der Waals surface area contributed by atoms with Gasteiger partial charge in [0.25, 0.3) is 0 Å². The second kappa shape index (κ2) is 15.0. The summed E-state index contributed by atoms with van der Waals surface area (Å²) in [7, 11) is -1.50. The van der Waals surface area contributed by atoms with Gasteiger partial charge in [-0.05, 0) is 164 Å². The Bertz CT molecular complexity index is 3830. The van der Waals surface area contributed by atoms with Crippen molar-refractivity contribution < 1.29 is 4.42 Å². The predicted molar refractivity (Wildman–Crippen MR) is 279 cm³/mol. The van der Waals surface area contributed by atoms with E-state index < -0.39 is 8.80 Å². The molecule has 0 fully saturated rings. The fourth-order valence-corrected chi connectivity index (χ4v) is 11.7. The zero-order chi connectivity index (χ0) is 43.1. The van der Waals surface area contributed by atoms with E-state index in [-0.39, 0.29) is 0 Å². The second-order valence-corrected chi connectivity index (χ2v) is 20.6.